The highest BCUT2D eigenvalue weighted by molar-refractivity contribution is 6.30. The Bertz CT molecular complexity index is 566. The van der Waals surface area contributed by atoms with Crippen LogP contribution in [-0.2, 0) is 6.42 Å². The zero-order chi connectivity index (χ0) is 13.0. The van der Waals surface area contributed by atoms with E-state index in [0.29, 0.717) is 10.7 Å². The van der Waals surface area contributed by atoms with Gasteiger partial charge in [0.1, 0.15) is 6.07 Å². The van der Waals surface area contributed by atoms with E-state index in [0.717, 1.165) is 30.6 Å². The fourth-order valence-electron chi connectivity index (χ4n) is 1.75. The van der Waals surface area contributed by atoms with E-state index in [9.17, 15) is 0 Å². The minimum Gasteiger partial charge on any atom is -0.216 e. The van der Waals surface area contributed by atoms with Crippen molar-refractivity contribution in [1.29, 1.82) is 5.26 Å². The average molecular weight is 261 g/mol. The average Bonchev–Trinajstić information content (AvgIpc) is 2.80. The molecule has 0 atom stereocenters. The van der Waals surface area contributed by atoms with Gasteiger partial charge in [0.2, 0.25) is 0 Å². The van der Waals surface area contributed by atoms with Crippen molar-refractivity contribution in [3.63, 3.8) is 0 Å². The van der Waals surface area contributed by atoms with Crippen molar-refractivity contribution in [1.82, 2.24) is 15.0 Å². The van der Waals surface area contributed by atoms with E-state index >= 15 is 0 Å². The summed E-state index contributed by atoms with van der Waals surface area (Å²) in [5, 5.41) is 17.7. The van der Waals surface area contributed by atoms with Gasteiger partial charge in [0.15, 0.2) is 5.69 Å². The largest absolute Gasteiger partial charge is 0.216 e. The Morgan fingerprint density at radius 1 is 1.33 bits per heavy atom. The van der Waals surface area contributed by atoms with Crippen molar-refractivity contribution < 1.29 is 0 Å². The maximum atomic E-state index is 9.04. The van der Waals surface area contributed by atoms with E-state index in [4.69, 9.17) is 16.9 Å². The summed E-state index contributed by atoms with van der Waals surface area (Å²) < 4.78 is 1.71. The van der Waals surface area contributed by atoms with Gasteiger partial charge in [-0.15, -0.1) is 5.10 Å². The number of benzene rings is 1. The van der Waals surface area contributed by atoms with Gasteiger partial charge in [-0.3, -0.25) is 0 Å². The van der Waals surface area contributed by atoms with Crippen LogP contribution >= 0.6 is 11.6 Å². The first kappa shape index (κ1) is 12.6. The lowest BCUT2D eigenvalue weighted by Crippen LogP contribution is -2.03. The minimum atomic E-state index is 0.401. The van der Waals surface area contributed by atoms with Crippen LogP contribution in [0.4, 0.5) is 0 Å². The molecule has 0 saturated carbocycles. The number of unbranched alkanes of at least 4 members (excludes halogenated alkanes) is 1. The number of hydrogen-bond acceptors (Lipinski definition) is 3. The molecule has 0 spiro atoms. The molecule has 0 N–H and O–H groups in total. The molecule has 0 aliphatic heterocycles. The van der Waals surface area contributed by atoms with Crippen LogP contribution in [0.15, 0.2) is 24.3 Å². The highest BCUT2D eigenvalue weighted by atomic mass is 35.5. The molecule has 2 rings (SSSR count). The van der Waals surface area contributed by atoms with Crippen molar-refractivity contribution in [3.05, 3.63) is 40.7 Å². The molecule has 1 heterocycles. The van der Waals surface area contributed by atoms with E-state index in [1.807, 2.05) is 12.1 Å². The third-order valence-corrected chi connectivity index (χ3v) is 2.96. The van der Waals surface area contributed by atoms with Crippen LogP contribution in [0, 0.1) is 11.3 Å². The van der Waals surface area contributed by atoms with Crippen LogP contribution < -0.4 is 0 Å². The van der Waals surface area contributed by atoms with Crippen molar-refractivity contribution in [3.8, 4) is 11.8 Å². The molecule has 5 heteroatoms. The topological polar surface area (TPSA) is 54.5 Å². The number of halogens is 1. The van der Waals surface area contributed by atoms with Crippen LogP contribution in [0.3, 0.4) is 0 Å². The molecule has 0 aliphatic rings. The van der Waals surface area contributed by atoms with Crippen LogP contribution in [0.2, 0.25) is 5.02 Å². The quantitative estimate of drug-likeness (QED) is 0.849. The number of rotatable bonds is 4. The second kappa shape index (κ2) is 5.65. The number of aromatic nitrogens is 3. The van der Waals surface area contributed by atoms with Crippen LogP contribution in [0.5, 0.6) is 0 Å². The first-order valence-corrected chi connectivity index (χ1v) is 6.24. The van der Waals surface area contributed by atoms with Crippen molar-refractivity contribution >= 4 is 11.6 Å². The number of nitriles is 1. The molecule has 0 amide bonds. The molecule has 4 nitrogen and oxygen atoms in total. The maximum absolute atomic E-state index is 9.04. The zero-order valence-corrected chi connectivity index (χ0v) is 10.9. The Labute approximate surface area is 111 Å². The maximum Gasteiger partial charge on any atom is 0.186 e. The van der Waals surface area contributed by atoms with Crippen molar-refractivity contribution in [2.24, 2.45) is 0 Å². The lowest BCUT2D eigenvalue weighted by atomic mass is 10.1. The molecule has 0 radical (unpaired) electrons. The molecular weight excluding hydrogens is 248 g/mol. The molecule has 0 saturated heterocycles. The Kier molecular flexibility index (Phi) is 3.96. The Balaban J connectivity index is 2.41. The van der Waals surface area contributed by atoms with Crippen LogP contribution in [0.25, 0.3) is 5.69 Å². The molecule has 0 fully saturated rings. The van der Waals surface area contributed by atoms with E-state index in [1.165, 1.54) is 0 Å². The normalized spacial score (nSPS) is 10.3. The number of nitrogens with zero attached hydrogens (tertiary/aromatic N) is 4. The predicted octanol–water partition coefficient (Wildman–Crippen LogP) is 3.13. The SMILES string of the molecule is CCCCc1c(C#N)nnn1-c1ccc(Cl)cc1. The van der Waals surface area contributed by atoms with Crippen molar-refractivity contribution in [2.45, 2.75) is 26.2 Å². The van der Waals surface area contributed by atoms with E-state index in [-0.39, 0.29) is 0 Å². The van der Waals surface area contributed by atoms with Gasteiger partial charge in [0.05, 0.1) is 11.4 Å². The fourth-order valence-corrected chi connectivity index (χ4v) is 1.87. The summed E-state index contributed by atoms with van der Waals surface area (Å²) in [5.74, 6) is 0. The lowest BCUT2D eigenvalue weighted by molar-refractivity contribution is 0.715. The molecule has 1 aromatic heterocycles. The molecule has 1 aromatic carbocycles. The highest BCUT2D eigenvalue weighted by Gasteiger charge is 2.13. The standard InChI is InChI=1S/C13H13ClN4/c1-2-3-4-13-12(9-15)16-17-18(13)11-7-5-10(14)6-8-11/h5-8H,2-4H2,1H3. The second-order valence-electron chi connectivity index (χ2n) is 3.99. The predicted molar refractivity (Wildman–Crippen MR) is 69.7 cm³/mol. The molecule has 18 heavy (non-hydrogen) atoms. The molecular formula is C13H13ClN4. The summed E-state index contributed by atoms with van der Waals surface area (Å²) in [5.41, 5.74) is 2.14. The first-order valence-electron chi connectivity index (χ1n) is 5.87. The smallest absolute Gasteiger partial charge is 0.186 e. The molecule has 0 unspecified atom stereocenters. The Morgan fingerprint density at radius 3 is 2.67 bits per heavy atom. The Hall–Kier alpha value is -1.86. The summed E-state index contributed by atoms with van der Waals surface area (Å²) in [4.78, 5) is 0. The van der Waals surface area contributed by atoms with E-state index in [2.05, 4.69) is 23.3 Å². The van der Waals surface area contributed by atoms with Crippen molar-refractivity contribution in [2.75, 3.05) is 0 Å². The summed E-state index contributed by atoms with van der Waals surface area (Å²) >= 11 is 5.86. The lowest BCUT2D eigenvalue weighted by Gasteiger charge is -2.05. The van der Waals surface area contributed by atoms with Gasteiger partial charge in [-0.05, 0) is 37.1 Å². The van der Waals surface area contributed by atoms with E-state index < -0.39 is 0 Å². The van der Waals surface area contributed by atoms with E-state index in [1.54, 1.807) is 16.8 Å². The number of hydrogen-bond donors (Lipinski definition) is 0. The monoisotopic (exact) mass is 260 g/mol. The van der Waals surface area contributed by atoms with Gasteiger partial charge in [-0.2, -0.15) is 5.26 Å². The van der Waals surface area contributed by atoms with Gasteiger partial charge in [-0.1, -0.05) is 30.2 Å². The van der Waals surface area contributed by atoms with Gasteiger partial charge in [0.25, 0.3) is 0 Å². The van der Waals surface area contributed by atoms with Gasteiger partial charge in [0, 0.05) is 5.02 Å². The second-order valence-corrected chi connectivity index (χ2v) is 4.42. The zero-order valence-electron chi connectivity index (χ0n) is 10.1. The van der Waals surface area contributed by atoms with Crippen LogP contribution in [0.1, 0.15) is 31.2 Å². The summed E-state index contributed by atoms with van der Waals surface area (Å²) in [6.07, 6.45) is 2.88. The van der Waals surface area contributed by atoms with Crippen LogP contribution in [-0.4, -0.2) is 15.0 Å². The minimum absolute atomic E-state index is 0.401. The molecule has 0 aliphatic carbocycles. The molecule has 2 aromatic rings. The van der Waals surface area contributed by atoms with Gasteiger partial charge in [-0.25, -0.2) is 4.68 Å². The highest BCUT2D eigenvalue weighted by Crippen LogP contribution is 2.17. The van der Waals surface area contributed by atoms with Gasteiger partial charge < -0.3 is 0 Å². The summed E-state index contributed by atoms with van der Waals surface area (Å²) in [7, 11) is 0. The van der Waals surface area contributed by atoms with Gasteiger partial charge >= 0.3 is 0 Å². The third kappa shape index (κ3) is 2.52. The third-order valence-electron chi connectivity index (χ3n) is 2.71. The fraction of sp³-hybridized carbons (Fsp3) is 0.308. The first-order chi connectivity index (χ1) is 8.76. The summed E-state index contributed by atoms with van der Waals surface area (Å²) in [6, 6.07) is 9.42. The molecule has 92 valence electrons. The Morgan fingerprint density at radius 2 is 2.06 bits per heavy atom. The molecule has 0 bridgehead atoms. The summed E-state index contributed by atoms with van der Waals surface area (Å²) in [6.45, 7) is 2.11.